The second-order valence-corrected chi connectivity index (χ2v) is 10.9. The molecule has 0 amide bonds. The predicted octanol–water partition coefficient (Wildman–Crippen LogP) is 7.89. The van der Waals surface area contributed by atoms with Crippen LogP contribution in [0.4, 0.5) is 0 Å². The van der Waals surface area contributed by atoms with Crippen molar-refractivity contribution in [3.8, 4) is 0 Å². The number of hydrogen-bond donors (Lipinski definition) is 1. The van der Waals surface area contributed by atoms with E-state index in [1.165, 1.54) is 70.6 Å². The number of rotatable bonds is 20. The van der Waals surface area contributed by atoms with Crippen LogP contribution in [-0.2, 0) is 9.53 Å². The van der Waals surface area contributed by atoms with Crippen LogP contribution in [0.2, 0.25) is 0 Å². The Labute approximate surface area is 206 Å². The lowest BCUT2D eigenvalue weighted by molar-refractivity contribution is -0.244. The highest BCUT2D eigenvalue weighted by atomic mass is 16.6. The van der Waals surface area contributed by atoms with Gasteiger partial charge >= 0.3 is 5.97 Å². The number of carbonyl (C=O) groups excluding carboxylic acids is 1. The van der Waals surface area contributed by atoms with Crippen LogP contribution < -0.4 is 0 Å². The highest BCUT2D eigenvalue weighted by molar-refractivity contribution is 5.72. The van der Waals surface area contributed by atoms with E-state index in [0.29, 0.717) is 0 Å². The number of allylic oxidation sites excluding steroid dienone is 2. The Hall–Kier alpha value is -0.870. The Kier molecular flexibility index (Phi) is 17.1. The van der Waals surface area contributed by atoms with Gasteiger partial charge in [0.25, 0.3) is 0 Å². The van der Waals surface area contributed by atoms with E-state index in [9.17, 15) is 9.90 Å². The zero-order valence-electron chi connectivity index (χ0n) is 23.4. The zero-order chi connectivity index (χ0) is 25.3. The molecule has 0 fully saturated rings. The second kappa shape index (κ2) is 17.5. The van der Waals surface area contributed by atoms with Gasteiger partial charge in [-0.1, -0.05) is 97.6 Å². The number of aliphatic hydroxyl groups is 1. The third kappa shape index (κ3) is 12.4. The maximum absolute atomic E-state index is 12.7. The van der Waals surface area contributed by atoms with Crippen molar-refractivity contribution in [3.05, 3.63) is 12.2 Å². The molecule has 0 aliphatic heterocycles. The quantitative estimate of drug-likeness (QED) is 0.0856. The van der Waals surface area contributed by atoms with Gasteiger partial charge in [0.15, 0.2) is 5.72 Å². The van der Waals surface area contributed by atoms with E-state index in [1.807, 2.05) is 34.9 Å². The maximum Gasteiger partial charge on any atom is 0.310 e. The summed E-state index contributed by atoms with van der Waals surface area (Å²) >= 11 is 0. The third-order valence-corrected chi connectivity index (χ3v) is 7.52. The smallest absolute Gasteiger partial charge is 0.310 e. The van der Waals surface area contributed by atoms with Crippen LogP contribution in [0, 0.1) is 11.8 Å². The summed E-state index contributed by atoms with van der Waals surface area (Å²) in [6.07, 6.45) is 22.2. The summed E-state index contributed by atoms with van der Waals surface area (Å²) in [6, 6.07) is 0. The van der Waals surface area contributed by atoms with Crippen LogP contribution in [0.3, 0.4) is 0 Å². The molecule has 0 heterocycles. The van der Waals surface area contributed by atoms with E-state index < -0.39 is 11.3 Å². The maximum atomic E-state index is 12.7. The van der Waals surface area contributed by atoms with Gasteiger partial charge in [0.2, 0.25) is 0 Å². The second-order valence-electron chi connectivity index (χ2n) is 10.9. The van der Waals surface area contributed by atoms with Crippen molar-refractivity contribution in [2.45, 2.75) is 143 Å². The molecular weight excluding hydrogens is 410 g/mol. The van der Waals surface area contributed by atoms with E-state index in [-0.39, 0.29) is 17.8 Å². The molecular formula is C29H57NO3. The summed E-state index contributed by atoms with van der Waals surface area (Å²) in [6.45, 7) is 11.7. The average molecular weight is 468 g/mol. The highest BCUT2D eigenvalue weighted by Crippen LogP contribution is 2.35. The van der Waals surface area contributed by atoms with Gasteiger partial charge in [-0.05, 0) is 66.0 Å². The minimum absolute atomic E-state index is 0.0431. The zero-order valence-corrected chi connectivity index (χ0v) is 23.4. The molecule has 0 bridgehead atoms. The minimum atomic E-state index is -1.14. The summed E-state index contributed by atoms with van der Waals surface area (Å²) in [5.74, 6) is -0.418. The van der Waals surface area contributed by atoms with Crippen LogP contribution in [0.5, 0.6) is 0 Å². The van der Waals surface area contributed by atoms with Crippen molar-refractivity contribution in [2.24, 2.45) is 11.8 Å². The first-order chi connectivity index (χ1) is 15.5. The van der Waals surface area contributed by atoms with E-state index >= 15 is 0 Å². The third-order valence-electron chi connectivity index (χ3n) is 7.52. The lowest BCUT2D eigenvalue weighted by atomic mass is 9.82. The van der Waals surface area contributed by atoms with E-state index in [1.54, 1.807) is 18.7 Å². The van der Waals surface area contributed by atoms with Crippen LogP contribution in [0.1, 0.15) is 131 Å². The molecule has 0 aromatic carbocycles. The lowest BCUT2D eigenvalue weighted by Gasteiger charge is -2.48. The minimum Gasteiger partial charge on any atom is -0.441 e. The Bertz CT molecular complexity index is 527. The highest BCUT2D eigenvalue weighted by Gasteiger charge is 2.51. The molecule has 4 nitrogen and oxygen atoms in total. The molecule has 0 radical (unpaired) electrons. The first-order valence-electron chi connectivity index (χ1n) is 13.8. The fraction of sp³-hybridized carbons (Fsp3) is 0.897. The first-order valence-corrected chi connectivity index (χ1v) is 13.8. The molecule has 0 saturated heterocycles. The van der Waals surface area contributed by atoms with Crippen molar-refractivity contribution in [1.82, 2.24) is 4.90 Å². The molecule has 1 N–H and O–H groups in total. The van der Waals surface area contributed by atoms with Gasteiger partial charge in [-0.2, -0.15) is 0 Å². The van der Waals surface area contributed by atoms with E-state index in [2.05, 4.69) is 19.1 Å². The monoisotopic (exact) mass is 467 g/mol. The van der Waals surface area contributed by atoms with Crippen LogP contribution in [0.25, 0.3) is 0 Å². The van der Waals surface area contributed by atoms with E-state index in [0.717, 1.165) is 19.3 Å². The molecule has 196 valence electrons. The van der Waals surface area contributed by atoms with Gasteiger partial charge in [-0.15, -0.1) is 0 Å². The number of nitrogens with zero attached hydrogens (tertiary/aromatic N) is 1. The number of unbranched alkanes of at least 4 members (excludes halogenated alkanes) is 11. The number of hydrogen-bond acceptors (Lipinski definition) is 4. The number of esters is 1. The Morgan fingerprint density at radius 3 is 1.76 bits per heavy atom. The molecule has 0 spiro atoms. The standard InChI is InChI=1S/C29H57NO3/c1-9-10-11-12-13-14-15-16-17-18-19-20-21-22-23-24-26(4)27(31)33-29(6,30(7)8)28(5,32)25(2)3/h16-17,25-26,32H,9-15,18-24H2,1-8H3. The van der Waals surface area contributed by atoms with Gasteiger partial charge in [0, 0.05) is 0 Å². The Balaban J connectivity index is 3.99. The van der Waals surface area contributed by atoms with Crippen molar-refractivity contribution >= 4 is 5.97 Å². The van der Waals surface area contributed by atoms with Crippen molar-refractivity contribution in [3.63, 3.8) is 0 Å². The molecule has 33 heavy (non-hydrogen) atoms. The van der Waals surface area contributed by atoms with Gasteiger partial charge in [-0.3, -0.25) is 9.69 Å². The number of carbonyl (C=O) groups is 1. The van der Waals surface area contributed by atoms with Crippen LogP contribution in [0.15, 0.2) is 12.2 Å². The van der Waals surface area contributed by atoms with Crippen molar-refractivity contribution in [1.29, 1.82) is 0 Å². The van der Waals surface area contributed by atoms with Gasteiger partial charge in [0.1, 0.15) is 5.60 Å². The van der Waals surface area contributed by atoms with Gasteiger partial charge < -0.3 is 9.84 Å². The van der Waals surface area contributed by atoms with Crippen LogP contribution >= 0.6 is 0 Å². The summed E-state index contributed by atoms with van der Waals surface area (Å²) < 4.78 is 5.89. The molecule has 0 saturated carbocycles. The molecule has 3 unspecified atom stereocenters. The lowest BCUT2D eigenvalue weighted by Crippen LogP contribution is -2.63. The van der Waals surface area contributed by atoms with Crippen molar-refractivity contribution < 1.29 is 14.6 Å². The number of ether oxygens (including phenoxy) is 1. The molecule has 4 heteroatoms. The molecule has 0 aliphatic carbocycles. The first kappa shape index (κ1) is 32.1. The van der Waals surface area contributed by atoms with Gasteiger partial charge in [-0.25, -0.2) is 0 Å². The summed E-state index contributed by atoms with van der Waals surface area (Å²) in [4.78, 5) is 14.5. The molecule has 0 aliphatic rings. The van der Waals surface area contributed by atoms with Gasteiger partial charge in [0.05, 0.1) is 5.92 Å². The number of likely N-dealkylation sites (N-methyl/N-ethyl adjacent to an activating group) is 1. The molecule has 0 rings (SSSR count). The molecule has 0 aromatic rings. The topological polar surface area (TPSA) is 49.8 Å². The largest absolute Gasteiger partial charge is 0.441 e. The summed E-state index contributed by atoms with van der Waals surface area (Å²) in [5, 5.41) is 11.0. The Morgan fingerprint density at radius 2 is 1.30 bits per heavy atom. The summed E-state index contributed by atoms with van der Waals surface area (Å²) in [7, 11) is 3.69. The predicted molar refractivity (Wildman–Crippen MR) is 142 cm³/mol. The SMILES string of the molecule is CCCCCCCCC=CCCCCCCCC(C)C(=O)OC(C)(N(C)C)C(C)(O)C(C)C. The van der Waals surface area contributed by atoms with Crippen LogP contribution in [-0.4, -0.2) is 41.4 Å². The normalized spacial score (nSPS) is 16.8. The molecule has 3 atom stereocenters. The van der Waals surface area contributed by atoms with Crippen molar-refractivity contribution in [2.75, 3.05) is 14.1 Å². The Morgan fingerprint density at radius 1 is 0.848 bits per heavy atom. The fourth-order valence-electron chi connectivity index (χ4n) is 4.12. The summed E-state index contributed by atoms with van der Waals surface area (Å²) in [5.41, 5.74) is -2.20. The average Bonchev–Trinajstić information content (AvgIpc) is 2.75. The molecule has 0 aromatic heterocycles. The van der Waals surface area contributed by atoms with E-state index in [4.69, 9.17) is 4.74 Å². The fourth-order valence-corrected chi connectivity index (χ4v) is 4.12.